The lowest BCUT2D eigenvalue weighted by molar-refractivity contribution is 0.590. The van der Waals surface area contributed by atoms with E-state index in [-0.39, 0.29) is 17.4 Å². The summed E-state index contributed by atoms with van der Waals surface area (Å²) in [7, 11) is -3.14. The van der Waals surface area contributed by atoms with Crippen molar-refractivity contribution in [3.05, 3.63) is 71.3 Å². The molecule has 112 valence electrons. The molecular weight excluding hydrogens is 348 g/mol. The van der Waals surface area contributed by atoms with Gasteiger partial charge in [-0.2, -0.15) is 0 Å². The Kier molecular flexibility index (Phi) is 5.59. The first-order valence-corrected chi connectivity index (χ1v) is 9.81. The fourth-order valence-corrected chi connectivity index (χ4v) is 5.01. The minimum atomic E-state index is -3.14. The lowest BCUT2D eigenvalue weighted by atomic mass is 10.0. The molecule has 0 aliphatic rings. The van der Waals surface area contributed by atoms with Gasteiger partial charge in [0.2, 0.25) is 0 Å². The summed E-state index contributed by atoms with van der Waals surface area (Å²) < 4.78 is 24.9. The van der Waals surface area contributed by atoms with E-state index in [0.717, 1.165) is 16.7 Å². The van der Waals surface area contributed by atoms with Crippen molar-refractivity contribution in [1.29, 1.82) is 0 Å². The zero-order chi connectivity index (χ0) is 15.3. The molecule has 0 N–H and O–H groups in total. The molecule has 0 saturated carbocycles. The number of rotatable bonds is 6. The molecule has 2 rings (SSSR count). The Balaban J connectivity index is 2.13. The average Bonchev–Trinajstić information content (AvgIpc) is 2.45. The van der Waals surface area contributed by atoms with E-state index in [1.54, 1.807) is 0 Å². The van der Waals surface area contributed by atoms with E-state index >= 15 is 0 Å². The van der Waals surface area contributed by atoms with Crippen LogP contribution in [0.25, 0.3) is 0 Å². The lowest BCUT2D eigenvalue weighted by Gasteiger charge is -2.15. The number of aryl methyl sites for hydroxylation is 1. The third-order valence-corrected chi connectivity index (χ3v) is 5.85. The first-order valence-electron chi connectivity index (χ1n) is 6.87. The van der Waals surface area contributed by atoms with Gasteiger partial charge in [-0.15, -0.1) is 0 Å². The zero-order valence-corrected chi connectivity index (χ0v) is 14.4. The summed E-state index contributed by atoms with van der Waals surface area (Å²) in [6, 6.07) is 17.5. The molecule has 0 bridgehead atoms. The summed E-state index contributed by atoms with van der Waals surface area (Å²) in [5.41, 5.74) is 3.00. The van der Waals surface area contributed by atoms with Crippen LogP contribution in [0.2, 0.25) is 0 Å². The quantitative estimate of drug-likeness (QED) is 0.721. The molecule has 0 saturated heterocycles. The number of sulfone groups is 1. The van der Waals surface area contributed by atoms with Gasteiger partial charge in [0, 0.05) is 11.2 Å². The van der Waals surface area contributed by atoms with E-state index in [1.807, 2.05) is 61.5 Å². The van der Waals surface area contributed by atoms with Crippen LogP contribution in [0.1, 0.15) is 22.6 Å². The van der Waals surface area contributed by atoms with E-state index in [0.29, 0.717) is 5.33 Å². The fraction of sp³-hybridized carbons (Fsp3) is 0.294. The maximum Gasteiger partial charge on any atom is 0.155 e. The second-order valence-electron chi connectivity index (χ2n) is 5.31. The van der Waals surface area contributed by atoms with Gasteiger partial charge in [-0.1, -0.05) is 76.1 Å². The van der Waals surface area contributed by atoms with E-state index in [4.69, 9.17) is 0 Å². The Morgan fingerprint density at radius 3 is 2.38 bits per heavy atom. The van der Waals surface area contributed by atoms with Crippen LogP contribution in [-0.2, 0) is 15.6 Å². The fourth-order valence-electron chi connectivity index (χ4n) is 2.38. The molecule has 0 amide bonds. The molecule has 0 aromatic heterocycles. The van der Waals surface area contributed by atoms with Gasteiger partial charge < -0.3 is 0 Å². The Morgan fingerprint density at radius 1 is 1.05 bits per heavy atom. The Labute approximate surface area is 135 Å². The monoisotopic (exact) mass is 366 g/mol. The summed E-state index contributed by atoms with van der Waals surface area (Å²) in [4.78, 5) is 0. The Bertz CT molecular complexity index is 681. The standard InChI is InChI=1S/C17H19BrO2S/c1-14-6-5-7-15(10-14)12-21(19,20)13-17(11-18)16-8-3-2-4-9-16/h2-10,17H,11-13H2,1H3. The van der Waals surface area contributed by atoms with Crippen molar-refractivity contribution in [2.24, 2.45) is 0 Å². The largest absolute Gasteiger partial charge is 0.228 e. The minimum Gasteiger partial charge on any atom is -0.228 e. The Hall–Kier alpha value is -1.13. The number of alkyl halides is 1. The van der Waals surface area contributed by atoms with Gasteiger partial charge in [0.25, 0.3) is 0 Å². The highest BCUT2D eigenvalue weighted by molar-refractivity contribution is 9.09. The van der Waals surface area contributed by atoms with Gasteiger partial charge in [0.15, 0.2) is 9.84 Å². The SMILES string of the molecule is Cc1cccc(CS(=O)(=O)CC(CBr)c2ccccc2)c1. The van der Waals surface area contributed by atoms with Crippen LogP contribution in [0.3, 0.4) is 0 Å². The van der Waals surface area contributed by atoms with Crippen molar-refractivity contribution in [1.82, 2.24) is 0 Å². The van der Waals surface area contributed by atoms with Crippen LogP contribution < -0.4 is 0 Å². The van der Waals surface area contributed by atoms with Crippen LogP contribution in [0.5, 0.6) is 0 Å². The number of hydrogen-bond donors (Lipinski definition) is 0. The lowest BCUT2D eigenvalue weighted by Crippen LogP contribution is -2.17. The summed E-state index contributed by atoms with van der Waals surface area (Å²) in [5.74, 6) is 0.252. The smallest absolute Gasteiger partial charge is 0.155 e. The van der Waals surface area contributed by atoms with Crippen LogP contribution >= 0.6 is 15.9 Å². The number of benzene rings is 2. The molecule has 1 atom stereocenters. The normalized spacial score (nSPS) is 13.0. The zero-order valence-electron chi connectivity index (χ0n) is 12.0. The second-order valence-corrected chi connectivity index (χ2v) is 8.06. The average molecular weight is 367 g/mol. The second kappa shape index (κ2) is 7.23. The minimum absolute atomic E-state index is 0.0130. The van der Waals surface area contributed by atoms with Crippen molar-refractivity contribution in [3.8, 4) is 0 Å². The number of halogens is 1. The molecule has 4 heteroatoms. The summed E-state index contributed by atoms with van der Waals surface area (Å²) in [6.07, 6.45) is 0. The highest BCUT2D eigenvalue weighted by Crippen LogP contribution is 2.22. The molecule has 0 aliphatic heterocycles. The van der Waals surface area contributed by atoms with Crippen LogP contribution in [-0.4, -0.2) is 19.5 Å². The van der Waals surface area contributed by atoms with E-state index in [1.165, 1.54) is 0 Å². The summed E-state index contributed by atoms with van der Waals surface area (Å²) in [5, 5.41) is 0.643. The van der Waals surface area contributed by atoms with Gasteiger partial charge in [0.1, 0.15) is 0 Å². The van der Waals surface area contributed by atoms with Gasteiger partial charge in [0.05, 0.1) is 11.5 Å². The highest BCUT2D eigenvalue weighted by atomic mass is 79.9. The molecule has 0 radical (unpaired) electrons. The maximum absolute atomic E-state index is 12.4. The molecule has 2 nitrogen and oxygen atoms in total. The molecule has 2 aromatic rings. The molecule has 0 heterocycles. The third kappa shape index (κ3) is 4.97. The van der Waals surface area contributed by atoms with Crippen molar-refractivity contribution < 1.29 is 8.42 Å². The topological polar surface area (TPSA) is 34.1 Å². The van der Waals surface area contributed by atoms with Crippen molar-refractivity contribution in [2.45, 2.75) is 18.6 Å². The molecular formula is C17H19BrO2S. The predicted molar refractivity (Wildman–Crippen MR) is 91.6 cm³/mol. The van der Waals surface area contributed by atoms with E-state index in [2.05, 4.69) is 15.9 Å². The molecule has 2 aromatic carbocycles. The van der Waals surface area contributed by atoms with Gasteiger partial charge >= 0.3 is 0 Å². The first-order chi connectivity index (χ1) is 10.00. The van der Waals surface area contributed by atoms with Crippen molar-refractivity contribution in [3.63, 3.8) is 0 Å². The molecule has 1 unspecified atom stereocenters. The van der Waals surface area contributed by atoms with Gasteiger partial charge in [-0.3, -0.25) is 0 Å². The molecule has 0 aliphatic carbocycles. The van der Waals surface area contributed by atoms with Gasteiger partial charge in [-0.05, 0) is 18.1 Å². The van der Waals surface area contributed by atoms with E-state index in [9.17, 15) is 8.42 Å². The molecule has 21 heavy (non-hydrogen) atoms. The molecule has 0 spiro atoms. The molecule has 0 fully saturated rings. The Morgan fingerprint density at radius 2 is 1.76 bits per heavy atom. The first kappa shape index (κ1) is 16.2. The van der Waals surface area contributed by atoms with Crippen LogP contribution in [0.4, 0.5) is 0 Å². The summed E-state index contributed by atoms with van der Waals surface area (Å²) in [6.45, 7) is 1.97. The van der Waals surface area contributed by atoms with Gasteiger partial charge in [-0.25, -0.2) is 8.42 Å². The number of hydrogen-bond acceptors (Lipinski definition) is 2. The predicted octanol–water partition coefficient (Wildman–Crippen LogP) is 4.09. The third-order valence-electron chi connectivity index (χ3n) is 3.38. The highest BCUT2D eigenvalue weighted by Gasteiger charge is 2.20. The van der Waals surface area contributed by atoms with Crippen molar-refractivity contribution in [2.75, 3.05) is 11.1 Å². The van der Waals surface area contributed by atoms with Crippen LogP contribution in [0.15, 0.2) is 54.6 Å². The van der Waals surface area contributed by atoms with Crippen molar-refractivity contribution >= 4 is 25.8 Å². The van der Waals surface area contributed by atoms with E-state index < -0.39 is 9.84 Å². The van der Waals surface area contributed by atoms with Crippen LogP contribution in [0, 0.1) is 6.92 Å². The summed E-state index contributed by atoms with van der Waals surface area (Å²) >= 11 is 3.44. The maximum atomic E-state index is 12.4.